The Morgan fingerprint density at radius 2 is 1.67 bits per heavy atom. The van der Waals surface area contributed by atoms with Gasteiger partial charge in [-0.15, -0.1) is 0 Å². The summed E-state index contributed by atoms with van der Waals surface area (Å²) in [6.45, 7) is -0.359. The predicted octanol–water partition coefficient (Wildman–Crippen LogP) is 2.75. The van der Waals surface area contributed by atoms with Crippen molar-refractivity contribution in [3.05, 3.63) is 65.7 Å². The summed E-state index contributed by atoms with van der Waals surface area (Å²) in [7, 11) is 1.27. The fourth-order valence-electron chi connectivity index (χ4n) is 2.82. The quantitative estimate of drug-likeness (QED) is 0.535. The van der Waals surface area contributed by atoms with Gasteiger partial charge >= 0.3 is 5.97 Å². The molecule has 0 aliphatic carbocycles. The Morgan fingerprint density at radius 3 is 2.30 bits per heavy atom. The Hall–Kier alpha value is -3.46. The van der Waals surface area contributed by atoms with E-state index in [0.29, 0.717) is 16.8 Å². The number of hydrogen-bond donors (Lipinski definition) is 1. The normalized spacial score (nSPS) is 15.8. The minimum atomic E-state index is -0.893. The number of amides is 3. The van der Waals surface area contributed by atoms with Gasteiger partial charge in [0.25, 0.3) is 5.24 Å². The van der Waals surface area contributed by atoms with Crippen LogP contribution in [0.3, 0.4) is 0 Å². The van der Waals surface area contributed by atoms with Crippen molar-refractivity contribution in [3.63, 3.8) is 0 Å². The van der Waals surface area contributed by atoms with Crippen molar-refractivity contribution in [2.24, 2.45) is 0 Å². The molecule has 0 saturated carbocycles. The van der Waals surface area contributed by atoms with Crippen molar-refractivity contribution < 1.29 is 28.7 Å². The van der Waals surface area contributed by atoms with E-state index >= 15 is 0 Å². The first-order valence-electron chi connectivity index (χ1n) is 8.97. The van der Waals surface area contributed by atoms with Crippen LogP contribution in [0.5, 0.6) is 0 Å². The number of esters is 1. The second-order valence-corrected chi connectivity index (χ2v) is 7.56. The molecular weight excluding hydrogens is 408 g/mol. The zero-order chi connectivity index (χ0) is 21.7. The van der Waals surface area contributed by atoms with Crippen molar-refractivity contribution >= 4 is 46.3 Å². The van der Waals surface area contributed by atoms with Gasteiger partial charge in [0.15, 0.2) is 5.78 Å². The van der Waals surface area contributed by atoms with E-state index in [4.69, 9.17) is 0 Å². The Kier molecular flexibility index (Phi) is 6.63. The number of ketones is 1. The third-order valence-corrected chi connectivity index (χ3v) is 5.44. The van der Waals surface area contributed by atoms with Crippen LogP contribution in [0.4, 0.5) is 10.5 Å². The molecule has 1 aliphatic heterocycles. The topological polar surface area (TPSA) is 110 Å². The molecule has 0 spiro atoms. The van der Waals surface area contributed by atoms with E-state index < -0.39 is 28.3 Å². The number of carbonyl (C=O) groups is 5. The summed E-state index contributed by atoms with van der Waals surface area (Å²) in [6, 6.07) is 14.4. The van der Waals surface area contributed by atoms with Crippen LogP contribution in [0.15, 0.2) is 54.6 Å². The molecule has 0 aromatic heterocycles. The molecule has 0 radical (unpaired) electrons. The van der Waals surface area contributed by atoms with Crippen LogP contribution in [-0.2, 0) is 14.3 Å². The summed E-state index contributed by atoms with van der Waals surface area (Å²) in [5, 5.41) is 1.17. The van der Waals surface area contributed by atoms with E-state index in [0.717, 1.165) is 16.7 Å². The van der Waals surface area contributed by atoms with E-state index in [-0.39, 0.29) is 18.7 Å². The number of methoxy groups -OCH3 is 1. The van der Waals surface area contributed by atoms with Gasteiger partial charge in [-0.3, -0.25) is 24.1 Å². The molecule has 2 aromatic carbocycles. The highest BCUT2D eigenvalue weighted by Gasteiger charge is 2.41. The number of nitrogens with zero attached hydrogens (tertiary/aromatic N) is 1. The average molecular weight is 426 g/mol. The van der Waals surface area contributed by atoms with Gasteiger partial charge in [0.1, 0.15) is 5.25 Å². The van der Waals surface area contributed by atoms with Crippen LogP contribution in [0, 0.1) is 0 Å². The fourth-order valence-corrected chi connectivity index (χ4v) is 3.81. The average Bonchev–Trinajstić information content (AvgIpc) is 3.01. The number of carbonyl (C=O) groups excluding carboxylic acids is 5. The molecule has 1 saturated heterocycles. The highest BCUT2D eigenvalue weighted by molar-refractivity contribution is 8.15. The smallest absolute Gasteiger partial charge is 0.337 e. The maximum absolute atomic E-state index is 12.5. The zero-order valence-corrected chi connectivity index (χ0v) is 16.8. The van der Waals surface area contributed by atoms with E-state index in [1.807, 2.05) is 0 Å². The third kappa shape index (κ3) is 4.93. The van der Waals surface area contributed by atoms with Crippen molar-refractivity contribution in [3.8, 4) is 0 Å². The molecule has 0 unspecified atom stereocenters. The Labute approximate surface area is 176 Å². The number of anilines is 1. The summed E-state index contributed by atoms with van der Waals surface area (Å²) in [4.78, 5) is 61.6. The van der Waals surface area contributed by atoms with Gasteiger partial charge in [0.2, 0.25) is 11.8 Å². The molecule has 8 nitrogen and oxygen atoms in total. The van der Waals surface area contributed by atoms with Crippen LogP contribution < -0.4 is 5.32 Å². The van der Waals surface area contributed by atoms with E-state index in [1.165, 1.54) is 31.4 Å². The zero-order valence-electron chi connectivity index (χ0n) is 16.0. The molecule has 1 N–H and O–H groups in total. The molecule has 3 amide bonds. The number of hydrogen-bond acceptors (Lipinski definition) is 7. The number of rotatable bonds is 7. The first-order chi connectivity index (χ1) is 14.4. The lowest BCUT2D eigenvalue weighted by atomic mass is 10.1. The summed E-state index contributed by atoms with van der Waals surface area (Å²) < 4.78 is 4.61. The summed E-state index contributed by atoms with van der Waals surface area (Å²) in [5.74, 6) is -1.88. The molecule has 1 heterocycles. The van der Waals surface area contributed by atoms with E-state index in [2.05, 4.69) is 10.1 Å². The maximum Gasteiger partial charge on any atom is 0.337 e. The highest BCUT2D eigenvalue weighted by Crippen LogP contribution is 2.29. The molecule has 9 heteroatoms. The number of Topliss-reactive ketones (excluding diaryl/α,β-unsaturated/α-hetero) is 1. The first-order valence-corrected chi connectivity index (χ1v) is 9.85. The fraction of sp³-hybridized carbons (Fsp3) is 0.190. The van der Waals surface area contributed by atoms with Gasteiger partial charge in [0, 0.05) is 17.7 Å². The maximum atomic E-state index is 12.5. The lowest BCUT2D eigenvalue weighted by Crippen LogP contribution is -2.36. The number of imide groups is 1. The summed E-state index contributed by atoms with van der Waals surface area (Å²) >= 11 is 0.730. The minimum Gasteiger partial charge on any atom is -0.465 e. The highest BCUT2D eigenvalue weighted by atomic mass is 32.2. The van der Waals surface area contributed by atoms with Crippen LogP contribution in [0.2, 0.25) is 0 Å². The van der Waals surface area contributed by atoms with Crippen LogP contribution >= 0.6 is 11.8 Å². The molecule has 0 bridgehead atoms. The predicted molar refractivity (Wildman–Crippen MR) is 110 cm³/mol. The van der Waals surface area contributed by atoms with Gasteiger partial charge < -0.3 is 10.1 Å². The summed E-state index contributed by atoms with van der Waals surface area (Å²) in [5.41, 5.74) is 1.17. The second kappa shape index (κ2) is 9.36. The van der Waals surface area contributed by atoms with Gasteiger partial charge in [0.05, 0.1) is 19.2 Å². The molecule has 30 heavy (non-hydrogen) atoms. The number of ether oxygens (including phenoxy) is 1. The number of benzene rings is 2. The van der Waals surface area contributed by atoms with E-state index in [9.17, 15) is 24.0 Å². The lowest BCUT2D eigenvalue weighted by molar-refractivity contribution is -0.128. The Bertz CT molecular complexity index is 990. The Morgan fingerprint density at radius 1 is 1.00 bits per heavy atom. The van der Waals surface area contributed by atoms with Crippen LogP contribution in [-0.4, -0.2) is 52.6 Å². The van der Waals surface area contributed by atoms with Crippen LogP contribution in [0.1, 0.15) is 27.1 Å². The largest absolute Gasteiger partial charge is 0.465 e. The monoisotopic (exact) mass is 426 g/mol. The molecule has 1 fully saturated rings. The van der Waals surface area contributed by atoms with Crippen molar-refractivity contribution in [1.82, 2.24) is 4.90 Å². The van der Waals surface area contributed by atoms with Crippen molar-refractivity contribution in [2.45, 2.75) is 11.7 Å². The molecule has 154 valence electrons. The molecule has 1 aliphatic rings. The molecule has 3 rings (SSSR count). The standard InChI is InChI=1S/C21H18N2O6S/c1-29-20(27)14-7-9-15(10-8-14)22-18(25)11-17-19(26)23(21(28)30-17)12-16(24)13-5-3-2-4-6-13/h2-10,17H,11-12H2,1H3,(H,22,25)/t17-/m0/s1. The van der Waals surface area contributed by atoms with E-state index in [1.54, 1.807) is 30.3 Å². The van der Waals surface area contributed by atoms with Crippen molar-refractivity contribution in [2.75, 3.05) is 19.0 Å². The molecular formula is C21H18N2O6S. The van der Waals surface area contributed by atoms with Gasteiger partial charge in [-0.25, -0.2) is 4.79 Å². The molecule has 1 atom stereocenters. The number of thioether (sulfide) groups is 1. The second-order valence-electron chi connectivity index (χ2n) is 6.41. The number of nitrogens with one attached hydrogen (secondary N) is 1. The van der Waals surface area contributed by atoms with Crippen LogP contribution in [0.25, 0.3) is 0 Å². The third-order valence-electron chi connectivity index (χ3n) is 4.36. The van der Waals surface area contributed by atoms with Gasteiger partial charge in [-0.05, 0) is 24.3 Å². The van der Waals surface area contributed by atoms with Gasteiger partial charge in [-0.2, -0.15) is 0 Å². The lowest BCUT2D eigenvalue weighted by Gasteiger charge is -2.13. The minimum absolute atomic E-state index is 0.218. The first kappa shape index (κ1) is 21.3. The summed E-state index contributed by atoms with van der Waals surface area (Å²) in [6.07, 6.45) is -0.218. The SMILES string of the molecule is COC(=O)c1ccc(NC(=O)C[C@@H]2SC(=O)N(CC(=O)c3ccccc3)C2=O)cc1. The van der Waals surface area contributed by atoms with Crippen molar-refractivity contribution in [1.29, 1.82) is 0 Å². The Balaban J connectivity index is 1.57. The van der Waals surface area contributed by atoms with Gasteiger partial charge in [-0.1, -0.05) is 42.1 Å². The molecule has 2 aromatic rings.